The van der Waals surface area contributed by atoms with Gasteiger partial charge in [0.1, 0.15) is 0 Å². The fourth-order valence-electron chi connectivity index (χ4n) is 8.36. The zero-order chi connectivity index (χ0) is 40.4. The lowest BCUT2D eigenvalue weighted by atomic mass is 9.82. The van der Waals surface area contributed by atoms with Crippen LogP contribution in [0.15, 0.2) is 125 Å². The molecular formula is C46H46N6O6. The van der Waals surface area contributed by atoms with Gasteiger partial charge in [0.15, 0.2) is 5.60 Å². The highest BCUT2D eigenvalue weighted by Crippen LogP contribution is 2.47. The molecule has 3 atom stereocenters. The molecule has 0 bridgehead atoms. The summed E-state index contributed by atoms with van der Waals surface area (Å²) in [6.45, 7) is 2.29. The van der Waals surface area contributed by atoms with Crippen molar-refractivity contribution in [3.63, 3.8) is 0 Å². The molecule has 4 aromatic carbocycles. The number of carbonyl (C=O) groups is 4. The quantitative estimate of drug-likeness (QED) is 0.178. The van der Waals surface area contributed by atoms with Gasteiger partial charge in [0.05, 0.1) is 47.7 Å². The summed E-state index contributed by atoms with van der Waals surface area (Å²) in [6.07, 6.45) is 6.55. The van der Waals surface area contributed by atoms with E-state index < -0.39 is 17.4 Å². The molecule has 12 heteroatoms. The number of benzene rings is 4. The molecule has 0 aromatic heterocycles. The van der Waals surface area contributed by atoms with Gasteiger partial charge < -0.3 is 20.0 Å². The second-order valence-corrected chi connectivity index (χ2v) is 15.3. The first-order valence-electron chi connectivity index (χ1n) is 19.9. The monoisotopic (exact) mass is 778 g/mol. The summed E-state index contributed by atoms with van der Waals surface area (Å²) in [7, 11) is 0. The van der Waals surface area contributed by atoms with Gasteiger partial charge in [0.2, 0.25) is 17.7 Å². The standard InChI is InChI=1S/C46H46N6O6/c1-31(11-8-19-42(54)49-26-10-18-37(49)30-53)46(58)38-28-36(52-44(56)25-22-40(48-52)34-15-6-3-7-16-34)20-23-41(38)50(45(46)57)29-32-12-9-17-35(27-32)51-43(55)24-21-39(47-51)33-13-4-2-5-14-33/h2-9,11-17,20,23,27-28,31,37,53,58H,10,18-19,21-22,24-26,29-30H2,1H3/b11-8+/t31-,37+,46+/m1/s1. The van der Waals surface area contributed by atoms with E-state index in [1.807, 2.05) is 78.9 Å². The minimum absolute atomic E-state index is 0.0530. The van der Waals surface area contributed by atoms with Crippen molar-refractivity contribution in [2.45, 2.75) is 70.1 Å². The Labute approximate surface area is 337 Å². The molecule has 4 amide bonds. The molecule has 1 fully saturated rings. The maximum atomic E-state index is 14.7. The number of aliphatic hydroxyl groups excluding tert-OH is 1. The Morgan fingerprint density at radius 1 is 0.810 bits per heavy atom. The Kier molecular flexibility index (Phi) is 10.9. The molecule has 0 saturated carbocycles. The second-order valence-electron chi connectivity index (χ2n) is 15.3. The molecule has 2 N–H and O–H groups in total. The normalized spacial score (nSPS) is 21.4. The largest absolute Gasteiger partial charge is 0.394 e. The van der Waals surface area contributed by atoms with Gasteiger partial charge in [0.25, 0.3) is 5.91 Å². The van der Waals surface area contributed by atoms with Gasteiger partial charge in [-0.1, -0.05) is 91.9 Å². The second kappa shape index (κ2) is 16.3. The van der Waals surface area contributed by atoms with Crippen LogP contribution in [-0.4, -0.2) is 69.4 Å². The van der Waals surface area contributed by atoms with Crippen molar-refractivity contribution >= 4 is 52.1 Å². The van der Waals surface area contributed by atoms with Gasteiger partial charge in [-0.05, 0) is 59.9 Å². The van der Waals surface area contributed by atoms with Crippen molar-refractivity contribution < 1.29 is 29.4 Å². The number of nitrogens with zero attached hydrogens (tertiary/aromatic N) is 6. The zero-order valence-corrected chi connectivity index (χ0v) is 32.4. The number of amides is 4. The third kappa shape index (κ3) is 7.36. The van der Waals surface area contributed by atoms with Crippen LogP contribution in [0.4, 0.5) is 17.1 Å². The van der Waals surface area contributed by atoms with E-state index in [4.69, 9.17) is 10.2 Å². The predicted octanol–water partition coefficient (Wildman–Crippen LogP) is 6.05. The molecule has 1 saturated heterocycles. The predicted molar refractivity (Wildman–Crippen MR) is 222 cm³/mol. The van der Waals surface area contributed by atoms with E-state index in [1.165, 1.54) is 14.9 Å². The van der Waals surface area contributed by atoms with Crippen molar-refractivity contribution in [2.24, 2.45) is 16.1 Å². The Morgan fingerprint density at radius 3 is 2.05 bits per heavy atom. The van der Waals surface area contributed by atoms with E-state index in [2.05, 4.69) is 0 Å². The fourth-order valence-corrected chi connectivity index (χ4v) is 8.36. The first-order chi connectivity index (χ1) is 28.1. The van der Waals surface area contributed by atoms with Crippen molar-refractivity contribution in [1.29, 1.82) is 0 Å². The van der Waals surface area contributed by atoms with E-state index in [1.54, 1.807) is 48.2 Å². The van der Waals surface area contributed by atoms with Crippen LogP contribution >= 0.6 is 0 Å². The van der Waals surface area contributed by atoms with Gasteiger partial charge in [-0.2, -0.15) is 10.2 Å². The van der Waals surface area contributed by atoms with Crippen LogP contribution in [0.3, 0.4) is 0 Å². The minimum atomic E-state index is -2.06. The van der Waals surface area contributed by atoms with Crippen LogP contribution in [0.25, 0.3) is 0 Å². The molecule has 0 spiro atoms. The molecule has 4 aliphatic rings. The summed E-state index contributed by atoms with van der Waals surface area (Å²) in [5.74, 6) is -1.83. The fraction of sp³-hybridized carbons (Fsp3) is 0.304. The maximum absolute atomic E-state index is 14.7. The number of fused-ring (bicyclic) bond motifs is 1. The summed E-state index contributed by atoms with van der Waals surface area (Å²) in [5.41, 5.74) is 3.81. The van der Waals surface area contributed by atoms with E-state index in [0.29, 0.717) is 54.0 Å². The van der Waals surface area contributed by atoms with Crippen LogP contribution in [0, 0.1) is 5.92 Å². The average molecular weight is 779 g/mol. The number of carbonyl (C=O) groups excluding carboxylic acids is 4. The summed E-state index contributed by atoms with van der Waals surface area (Å²) >= 11 is 0. The first kappa shape index (κ1) is 38.6. The molecule has 4 heterocycles. The summed E-state index contributed by atoms with van der Waals surface area (Å²) in [5, 5.41) is 34.6. The van der Waals surface area contributed by atoms with Crippen molar-refractivity contribution in [3.05, 3.63) is 138 Å². The molecule has 8 rings (SSSR count). The molecule has 0 radical (unpaired) electrons. The number of anilines is 3. The maximum Gasteiger partial charge on any atom is 0.264 e. The van der Waals surface area contributed by atoms with E-state index in [9.17, 15) is 29.4 Å². The molecule has 0 unspecified atom stereocenters. The van der Waals surface area contributed by atoms with Crippen LogP contribution in [0.1, 0.15) is 74.1 Å². The Bertz CT molecular complexity index is 2330. The number of hydrogen-bond acceptors (Lipinski definition) is 8. The van der Waals surface area contributed by atoms with E-state index in [0.717, 1.165) is 35.4 Å². The number of likely N-dealkylation sites (tertiary alicyclic amines) is 1. The molecule has 0 aliphatic carbocycles. The summed E-state index contributed by atoms with van der Waals surface area (Å²) in [4.78, 5) is 57.5. The van der Waals surface area contributed by atoms with E-state index in [-0.39, 0.29) is 49.8 Å². The number of rotatable bonds is 11. The van der Waals surface area contributed by atoms with E-state index >= 15 is 0 Å². The third-order valence-corrected chi connectivity index (χ3v) is 11.6. The molecule has 4 aromatic rings. The zero-order valence-electron chi connectivity index (χ0n) is 32.4. The number of hydrogen-bond donors (Lipinski definition) is 2. The molecule has 12 nitrogen and oxygen atoms in total. The third-order valence-electron chi connectivity index (χ3n) is 11.6. The summed E-state index contributed by atoms with van der Waals surface area (Å²) in [6, 6.07) is 31.6. The van der Waals surface area contributed by atoms with Gasteiger partial charge >= 0.3 is 0 Å². The lowest BCUT2D eigenvalue weighted by molar-refractivity contribution is -0.139. The van der Waals surface area contributed by atoms with Gasteiger partial charge in [-0.15, -0.1) is 0 Å². The van der Waals surface area contributed by atoms with Crippen LogP contribution in [-0.2, 0) is 31.3 Å². The van der Waals surface area contributed by atoms with Crippen molar-refractivity contribution in [3.8, 4) is 0 Å². The lowest BCUT2D eigenvalue weighted by Crippen LogP contribution is -2.44. The molecular weight excluding hydrogens is 733 g/mol. The topological polar surface area (TPSA) is 146 Å². The van der Waals surface area contributed by atoms with Gasteiger partial charge in [-0.25, -0.2) is 10.0 Å². The highest BCUT2D eigenvalue weighted by atomic mass is 16.3. The molecule has 296 valence electrons. The molecule has 58 heavy (non-hydrogen) atoms. The lowest BCUT2D eigenvalue weighted by Gasteiger charge is -2.29. The minimum Gasteiger partial charge on any atom is -0.394 e. The smallest absolute Gasteiger partial charge is 0.264 e. The number of aliphatic hydroxyl groups is 2. The number of hydrazone groups is 2. The van der Waals surface area contributed by atoms with Gasteiger partial charge in [-0.3, -0.25) is 19.2 Å². The highest BCUT2D eigenvalue weighted by molar-refractivity contribution is 6.11. The highest BCUT2D eigenvalue weighted by Gasteiger charge is 2.53. The Hall–Kier alpha value is -6.24. The van der Waals surface area contributed by atoms with Crippen LogP contribution < -0.4 is 14.9 Å². The van der Waals surface area contributed by atoms with Crippen LogP contribution in [0.5, 0.6) is 0 Å². The Balaban J connectivity index is 1.12. The summed E-state index contributed by atoms with van der Waals surface area (Å²) < 4.78 is 0. The van der Waals surface area contributed by atoms with Crippen LogP contribution in [0.2, 0.25) is 0 Å². The SMILES string of the molecule is C[C@H](/C=C/CC(=O)N1CCC[C@H]1CO)[C@@]1(O)C(=O)N(Cc2cccc(N3N=C(c4ccccc4)CCC3=O)c2)c2ccc(N3N=C(c4ccccc4)CCC3=O)cc21. The van der Waals surface area contributed by atoms with Crippen molar-refractivity contribution in [2.75, 3.05) is 28.1 Å². The van der Waals surface area contributed by atoms with Crippen molar-refractivity contribution in [1.82, 2.24) is 4.90 Å². The van der Waals surface area contributed by atoms with Gasteiger partial charge in [0, 0.05) is 50.1 Å². The first-order valence-corrected chi connectivity index (χ1v) is 19.9. The Morgan fingerprint density at radius 2 is 1.43 bits per heavy atom. The molecule has 4 aliphatic heterocycles. The average Bonchev–Trinajstić information content (AvgIpc) is 3.83.